The second-order valence-corrected chi connectivity index (χ2v) is 6.27. The topological polar surface area (TPSA) is 63.4 Å². The SMILES string of the molecule is Cc1ccccc1S(=O)(=O)N1CCCC1CN.Cl. The van der Waals surface area contributed by atoms with Gasteiger partial charge in [-0.05, 0) is 31.4 Å². The molecule has 1 fully saturated rings. The van der Waals surface area contributed by atoms with Crippen LogP contribution in [0.3, 0.4) is 0 Å². The van der Waals surface area contributed by atoms with Crippen molar-refractivity contribution in [3.63, 3.8) is 0 Å². The second-order valence-electron chi connectivity index (χ2n) is 4.41. The van der Waals surface area contributed by atoms with Crippen molar-refractivity contribution in [2.75, 3.05) is 13.1 Å². The van der Waals surface area contributed by atoms with E-state index in [4.69, 9.17) is 5.73 Å². The number of nitrogens with zero attached hydrogens (tertiary/aromatic N) is 1. The van der Waals surface area contributed by atoms with Crippen molar-refractivity contribution in [3.05, 3.63) is 29.8 Å². The Bertz CT molecular complexity index is 505. The molecule has 0 spiro atoms. The van der Waals surface area contributed by atoms with E-state index in [2.05, 4.69) is 0 Å². The molecule has 0 aliphatic carbocycles. The van der Waals surface area contributed by atoms with Crippen molar-refractivity contribution in [1.29, 1.82) is 0 Å². The Morgan fingerprint density at radius 3 is 2.67 bits per heavy atom. The number of hydrogen-bond acceptors (Lipinski definition) is 3. The Morgan fingerprint density at radius 1 is 1.39 bits per heavy atom. The van der Waals surface area contributed by atoms with Gasteiger partial charge in [-0.2, -0.15) is 4.31 Å². The average Bonchev–Trinajstić information content (AvgIpc) is 2.78. The van der Waals surface area contributed by atoms with Crippen LogP contribution in [-0.2, 0) is 10.0 Å². The molecule has 1 aromatic carbocycles. The predicted molar refractivity (Wildman–Crippen MR) is 74.4 cm³/mol. The summed E-state index contributed by atoms with van der Waals surface area (Å²) >= 11 is 0. The minimum Gasteiger partial charge on any atom is -0.329 e. The first kappa shape index (κ1) is 15.4. The Balaban J connectivity index is 0.00000162. The Kier molecular flexibility index (Phi) is 5.16. The minimum atomic E-state index is -3.38. The molecule has 1 aromatic rings. The third-order valence-corrected chi connectivity index (χ3v) is 5.39. The van der Waals surface area contributed by atoms with E-state index in [-0.39, 0.29) is 18.4 Å². The summed E-state index contributed by atoms with van der Waals surface area (Å²) in [6.07, 6.45) is 1.76. The minimum absolute atomic E-state index is 0. The molecule has 6 heteroatoms. The maximum absolute atomic E-state index is 12.5. The molecule has 1 saturated heterocycles. The summed E-state index contributed by atoms with van der Waals surface area (Å²) < 4.78 is 26.5. The quantitative estimate of drug-likeness (QED) is 0.918. The van der Waals surface area contributed by atoms with E-state index >= 15 is 0 Å². The third-order valence-electron chi connectivity index (χ3n) is 3.28. The summed E-state index contributed by atoms with van der Waals surface area (Å²) in [5, 5.41) is 0. The molecule has 18 heavy (non-hydrogen) atoms. The molecule has 0 saturated carbocycles. The van der Waals surface area contributed by atoms with E-state index in [1.54, 1.807) is 16.4 Å². The molecule has 1 unspecified atom stereocenters. The first-order valence-corrected chi connectivity index (χ1v) is 7.29. The van der Waals surface area contributed by atoms with Gasteiger partial charge >= 0.3 is 0 Å². The zero-order valence-electron chi connectivity index (χ0n) is 10.4. The Labute approximate surface area is 115 Å². The van der Waals surface area contributed by atoms with Crippen LogP contribution in [-0.4, -0.2) is 31.9 Å². The number of hydrogen-bond donors (Lipinski definition) is 1. The van der Waals surface area contributed by atoms with Crippen LogP contribution in [0.5, 0.6) is 0 Å². The number of nitrogens with two attached hydrogens (primary N) is 1. The Hall–Kier alpha value is -0.620. The maximum atomic E-state index is 12.5. The number of benzene rings is 1. The van der Waals surface area contributed by atoms with Crippen LogP contribution in [0.15, 0.2) is 29.2 Å². The van der Waals surface area contributed by atoms with Crippen molar-refractivity contribution >= 4 is 22.4 Å². The second kappa shape index (κ2) is 6.02. The number of halogens is 1. The van der Waals surface area contributed by atoms with Gasteiger partial charge in [0.1, 0.15) is 0 Å². The van der Waals surface area contributed by atoms with Crippen LogP contribution in [0, 0.1) is 6.92 Å². The Morgan fingerprint density at radius 2 is 2.06 bits per heavy atom. The zero-order chi connectivity index (χ0) is 12.5. The van der Waals surface area contributed by atoms with E-state index in [1.165, 1.54) is 0 Å². The van der Waals surface area contributed by atoms with Gasteiger partial charge in [0.2, 0.25) is 10.0 Å². The summed E-state index contributed by atoms with van der Waals surface area (Å²) in [6, 6.07) is 7.04. The lowest BCUT2D eigenvalue weighted by Crippen LogP contribution is -2.40. The molecular formula is C12H19ClN2O2S. The van der Waals surface area contributed by atoms with Gasteiger partial charge in [0, 0.05) is 19.1 Å². The summed E-state index contributed by atoms with van der Waals surface area (Å²) in [5.74, 6) is 0. The summed E-state index contributed by atoms with van der Waals surface area (Å²) in [7, 11) is -3.38. The molecule has 102 valence electrons. The van der Waals surface area contributed by atoms with Gasteiger partial charge in [0.05, 0.1) is 4.90 Å². The van der Waals surface area contributed by atoms with Gasteiger partial charge in [-0.25, -0.2) is 8.42 Å². The number of sulfonamides is 1. The molecule has 4 nitrogen and oxygen atoms in total. The van der Waals surface area contributed by atoms with Gasteiger partial charge in [0.15, 0.2) is 0 Å². The van der Waals surface area contributed by atoms with Crippen LogP contribution >= 0.6 is 12.4 Å². The largest absolute Gasteiger partial charge is 0.329 e. The maximum Gasteiger partial charge on any atom is 0.243 e. The van der Waals surface area contributed by atoms with Crippen LogP contribution in [0.25, 0.3) is 0 Å². The summed E-state index contributed by atoms with van der Waals surface area (Å²) in [5.41, 5.74) is 6.42. The average molecular weight is 291 g/mol. The summed E-state index contributed by atoms with van der Waals surface area (Å²) in [6.45, 7) is 2.80. The molecule has 2 rings (SSSR count). The van der Waals surface area contributed by atoms with Crippen LogP contribution in [0.4, 0.5) is 0 Å². The summed E-state index contributed by atoms with van der Waals surface area (Å²) in [4.78, 5) is 0.403. The van der Waals surface area contributed by atoms with E-state index in [9.17, 15) is 8.42 Å². The first-order valence-electron chi connectivity index (χ1n) is 5.85. The molecule has 0 aromatic heterocycles. The van der Waals surface area contributed by atoms with Crippen LogP contribution in [0.1, 0.15) is 18.4 Å². The fourth-order valence-corrected chi connectivity index (χ4v) is 4.26. The molecule has 0 bridgehead atoms. The third kappa shape index (κ3) is 2.69. The molecular weight excluding hydrogens is 272 g/mol. The highest BCUT2D eigenvalue weighted by Gasteiger charge is 2.34. The normalized spacial score (nSPS) is 20.7. The van der Waals surface area contributed by atoms with Crippen molar-refractivity contribution in [1.82, 2.24) is 4.31 Å². The standard InChI is InChI=1S/C12H18N2O2S.ClH/c1-10-5-2-3-7-12(10)17(15,16)14-8-4-6-11(14)9-13;/h2-3,5,7,11H,4,6,8-9,13H2,1H3;1H. The number of rotatable bonds is 3. The fraction of sp³-hybridized carbons (Fsp3) is 0.500. The van der Waals surface area contributed by atoms with Gasteiger partial charge < -0.3 is 5.73 Å². The molecule has 1 heterocycles. The first-order chi connectivity index (χ1) is 8.07. The highest BCUT2D eigenvalue weighted by atomic mass is 35.5. The van der Waals surface area contributed by atoms with Gasteiger partial charge in [-0.3, -0.25) is 0 Å². The van der Waals surface area contributed by atoms with E-state index in [0.717, 1.165) is 18.4 Å². The van der Waals surface area contributed by atoms with Gasteiger partial charge in [-0.1, -0.05) is 18.2 Å². The lowest BCUT2D eigenvalue weighted by molar-refractivity contribution is 0.393. The van der Waals surface area contributed by atoms with Crippen molar-refractivity contribution in [2.45, 2.75) is 30.7 Å². The highest BCUT2D eigenvalue weighted by Crippen LogP contribution is 2.26. The molecule has 0 radical (unpaired) electrons. The van der Waals surface area contributed by atoms with Gasteiger partial charge in [0.25, 0.3) is 0 Å². The zero-order valence-corrected chi connectivity index (χ0v) is 12.0. The van der Waals surface area contributed by atoms with Crippen LogP contribution < -0.4 is 5.73 Å². The van der Waals surface area contributed by atoms with E-state index in [1.807, 2.05) is 19.1 Å². The lowest BCUT2D eigenvalue weighted by atomic mass is 10.2. The lowest BCUT2D eigenvalue weighted by Gasteiger charge is -2.23. The van der Waals surface area contributed by atoms with Crippen molar-refractivity contribution in [2.24, 2.45) is 5.73 Å². The smallest absolute Gasteiger partial charge is 0.243 e. The monoisotopic (exact) mass is 290 g/mol. The van der Waals surface area contributed by atoms with Crippen molar-refractivity contribution < 1.29 is 8.42 Å². The van der Waals surface area contributed by atoms with Crippen LogP contribution in [0.2, 0.25) is 0 Å². The number of aryl methyl sites for hydroxylation is 1. The fourth-order valence-electron chi connectivity index (χ4n) is 2.33. The molecule has 1 atom stereocenters. The predicted octanol–water partition coefficient (Wildman–Crippen LogP) is 1.53. The highest BCUT2D eigenvalue weighted by molar-refractivity contribution is 7.89. The molecule has 0 amide bonds. The van der Waals surface area contributed by atoms with E-state index < -0.39 is 10.0 Å². The van der Waals surface area contributed by atoms with Crippen molar-refractivity contribution in [3.8, 4) is 0 Å². The molecule has 1 aliphatic rings. The van der Waals surface area contributed by atoms with E-state index in [0.29, 0.717) is 18.0 Å². The molecule has 2 N–H and O–H groups in total. The molecule has 1 aliphatic heterocycles. The van der Waals surface area contributed by atoms with Gasteiger partial charge in [-0.15, -0.1) is 12.4 Å².